The zero-order chi connectivity index (χ0) is 29.7. The zero-order valence-corrected chi connectivity index (χ0v) is 25.1. The van der Waals surface area contributed by atoms with E-state index in [2.05, 4.69) is 12.1 Å². The van der Waals surface area contributed by atoms with E-state index in [-0.39, 0.29) is 5.75 Å². The average Bonchev–Trinajstić information content (AvgIpc) is 3.32. The second-order valence-corrected chi connectivity index (χ2v) is 11.8. The van der Waals surface area contributed by atoms with Crippen LogP contribution in [0.5, 0.6) is 23.0 Å². The predicted molar refractivity (Wildman–Crippen MR) is 164 cm³/mol. The molecule has 0 aliphatic heterocycles. The van der Waals surface area contributed by atoms with E-state index in [1.807, 2.05) is 66.7 Å². The molecule has 0 aliphatic carbocycles. The van der Waals surface area contributed by atoms with Crippen LogP contribution >= 0.6 is 19.2 Å². The van der Waals surface area contributed by atoms with Gasteiger partial charge in [0.25, 0.3) is 0 Å². The lowest BCUT2D eigenvalue weighted by Crippen LogP contribution is -2.18. The molecule has 0 radical (unpaired) electrons. The SMILES string of the molecule is COc1cc(C=Cc2cc(OP(=O)([O-])[O-])c3c(Cc4ccccc4)c(Cc4ccccc4)sc3c2)cc(OC)c1OC. The second kappa shape index (κ2) is 12.8. The van der Waals surface area contributed by atoms with Crippen molar-refractivity contribution in [3.8, 4) is 23.0 Å². The highest BCUT2D eigenvalue weighted by Crippen LogP contribution is 2.44. The van der Waals surface area contributed by atoms with E-state index in [9.17, 15) is 14.4 Å². The van der Waals surface area contributed by atoms with Gasteiger partial charge in [-0.2, -0.15) is 0 Å². The third-order valence-corrected chi connectivity index (χ3v) is 8.36. The Bertz CT molecular complexity index is 1730. The minimum Gasteiger partial charge on any atom is -0.780 e. The highest BCUT2D eigenvalue weighted by molar-refractivity contribution is 7.43. The Kier molecular flexibility index (Phi) is 9.00. The van der Waals surface area contributed by atoms with Gasteiger partial charge in [0.15, 0.2) is 11.5 Å². The summed E-state index contributed by atoms with van der Waals surface area (Å²) in [5.74, 6) is 1.51. The highest BCUT2D eigenvalue weighted by Gasteiger charge is 2.19. The molecule has 0 saturated heterocycles. The van der Waals surface area contributed by atoms with Gasteiger partial charge in [-0.05, 0) is 58.5 Å². The molecular formula is C33H29O7PS-2. The lowest BCUT2D eigenvalue weighted by Gasteiger charge is -2.29. The standard InChI is InChI=1S/C33H31O7PS/c1-37-28-18-24(19-29(38-2)33(28)39-3)14-15-25-17-27(40-41(34,35)36)32-26(16-22-10-6-4-7-11-22)30(42-31(32)21-25)20-23-12-8-5-9-13-23/h4-15,17-19,21H,16,20H2,1-3H3,(H2,34,35,36)/p-2. The molecule has 5 rings (SSSR count). The first-order chi connectivity index (χ1) is 20.3. The van der Waals surface area contributed by atoms with Crippen molar-refractivity contribution in [1.29, 1.82) is 0 Å². The number of methoxy groups -OCH3 is 3. The highest BCUT2D eigenvalue weighted by atomic mass is 32.1. The Morgan fingerprint density at radius 2 is 1.24 bits per heavy atom. The number of benzene rings is 4. The third-order valence-electron chi connectivity index (χ3n) is 6.76. The Hall–Kier alpha value is -4.07. The molecule has 216 valence electrons. The van der Waals surface area contributed by atoms with Gasteiger partial charge in [0.2, 0.25) is 5.75 Å². The maximum atomic E-state index is 11.9. The lowest BCUT2D eigenvalue weighted by atomic mass is 9.97. The molecule has 7 nitrogen and oxygen atoms in total. The molecule has 0 unspecified atom stereocenters. The summed E-state index contributed by atoms with van der Waals surface area (Å²) < 4.78 is 34.2. The molecule has 0 amide bonds. The first-order valence-electron chi connectivity index (χ1n) is 13.1. The fourth-order valence-corrected chi connectivity index (χ4v) is 6.62. The van der Waals surface area contributed by atoms with Crippen molar-refractivity contribution in [2.45, 2.75) is 12.8 Å². The topological polar surface area (TPSA) is 100 Å². The summed E-state index contributed by atoms with van der Waals surface area (Å²) in [7, 11) is -0.717. The van der Waals surface area contributed by atoms with Crippen LogP contribution < -0.4 is 28.5 Å². The van der Waals surface area contributed by atoms with Crippen LogP contribution in [0.4, 0.5) is 0 Å². The largest absolute Gasteiger partial charge is 0.780 e. The summed E-state index contributed by atoms with van der Waals surface area (Å²) in [6.07, 6.45) is 4.88. The number of thiophene rings is 1. The Morgan fingerprint density at radius 1 is 0.714 bits per heavy atom. The number of phosphoric ester groups is 1. The van der Waals surface area contributed by atoms with E-state index in [0.29, 0.717) is 41.0 Å². The summed E-state index contributed by atoms with van der Waals surface area (Å²) in [6, 6.07) is 27.2. The van der Waals surface area contributed by atoms with Crippen LogP contribution in [0.25, 0.3) is 22.2 Å². The van der Waals surface area contributed by atoms with Gasteiger partial charge in [-0.25, -0.2) is 0 Å². The molecule has 4 aromatic carbocycles. The summed E-state index contributed by atoms with van der Waals surface area (Å²) in [4.78, 5) is 24.9. The van der Waals surface area contributed by atoms with Crippen molar-refractivity contribution in [3.63, 3.8) is 0 Å². The van der Waals surface area contributed by atoms with Crippen molar-refractivity contribution in [1.82, 2.24) is 0 Å². The molecule has 0 spiro atoms. The number of rotatable bonds is 11. The van der Waals surface area contributed by atoms with Crippen LogP contribution in [0.3, 0.4) is 0 Å². The Labute approximate surface area is 248 Å². The average molecular weight is 601 g/mol. The molecular weight excluding hydrogens is 571 g/mol. The van der Waals surface area contributed by atoms with E-state index in [1.54, 1.807) is 43.8 Å². The normalized spacial score (nSPS) is 11.6. The molecule has 0 atom stereocenters. The van der Waals surface area contributed by atoms with Gasteiger partial charge >= 0.3 is 0 Å². The van der Waals surface area contributed by atoms with E-state index in [1.165, 1.54) is 7.11 Å². The van der Waals surface area contributed by atoms with Gasteiger partial charge in [0.1, 0.15) is 13.6 Å². The van der Waals surface area contributed by atoms with Crippen LogP contribution in [-0.2, 0) is 17.4 Å². The maximum absolute atomic E-state index is 11.9. The van der Waals surface area contributed by atoms with Crippen molar-refractivity contribution in [2.24, 2.45) is 0 Å². The fraction of sp³-hybridized carbons (Fsp3) is 0.152. The Balaban J connectivity index is 1.64. The summed E-state index contributed by atoms with van der Waals surface area (Å²) in [5.41, 5.74) is 4.57. The van der Waals surface area contributed by atoms with E-state index in [0.717, 1.165) is 31.8 Å². The summed E-state index contributed by atoms with van der Waals surface area (Å²) >= 11 is 1.57. The van der Waals surface area contributed by atoms with Crippen molar-refractivity contribution >= 4 is 41.4 Å². The fourth-order valence-electron chi connectivity index (χ4n) is 4.91. The molecule has 1 aromatic heterocycles. The lowest BCUT2D eigenvalue weighted by molar-refractivity contribution is -0.333. The van der Waals surface area contributed by atoms with Gasteiger partial charge < -0.3 is 33.1 Å². The van der Waals surface area contributed by atoms with Gasteiger partial charge in [-0.1, -0.05) is 72.8 Å². The van der Waals surface area contributed by atoms with Crippen LogP contribution in [0, 0.1) is 0 Å². The molecule has 0 saturated carbocycles. The quantitative estimate of drug-likeness (QED) is 0.126. The molecule has 42 heavy (non-hydrogen) atoms. The van der Waals surface area contributed by atoms with Crippen molar-refractivity contribution in [2.75, 3.05) is 21.3 Å². The third kappa shape index (κ3) is 6.86. The van der Waals surface area contributed by atoms with Gasteiger partial charge in [0.05, 0.1) is 21.3 Å². The number of fused-ring (bicyclic) bond motifs is 1. The molecule has 0 bridgehead atoms. The smallest absolute Gasteiger partial charge is 0.203 e. The monoisotopic (exact) mass is 600 g/mol. The van der Waals surface area contributed by atoms with E-state index >= 15 is 0 Å². The minimum absolute atomic E-state index is 0.0202. The number of ether oxygens (including phenoxy) is 3. The van der Waals surface area contributed by atoms with Crippen LogP contribution in [0.15, 0.2) is 84.9 Å². The number of phosphoric acid groups is 1. The van der Waals surface area contributed by atoms with Crippen LogP contribution in [0.2, 0.25) is 0 Å². The van der Waals surface area contributed by atoms with Crippen LogP contribution in [-0.4, -0.2) is 21.3 Å². The molecule has 1 heterocycles. The minimum atomic E-state index is -5.35. The van der Waals surface area contributed by atoms with E-state index in [4.69, 9.17) is 18.7 Å². The molecule has 9 heteroatoms. The molecule has 5 aromatic rings. The first kappa shape index (κ1) is 29.4. The second-order valence-electron chi connectivity index (χ2n) is 9.55. The summed E-state index contributed by atoms with van der Waals surface area (Å²) in [6.45, 7) is 0. The van der Waals surface area contributed by atoms with Gasteiger partial charge in [-0.3, -0.25) is 0 Å². The zero-order valence-electron chi connectivity index (χ0n) is 23.4. The van der Waals surface area contributed by atoms with E-state index < -0.39 is 7.82 Å². The Morgan fingerprint density at radius 3 is 1.76 bits per heavy atom. The number of hydrogen-bond donors (Lipinski definition) is 0. The van der Waals surface area contributed by atoms with Gasteiger partial charge in [-0.15, -0.1) is 11.3 Å². The molecule has 0 fully saturated rings. The number of hydrogen-bond acceptors (Lipinski definition) is 8. The molecule has 0 aliphatic rings. The summed E-state index contributed by atoms with van der Waals surface area (Å²) in [5, 5.41) is 0.631. The first-order valence-corrected chi connectivity index (χ1v) is 15.4. The van der Waals surface area contributed by atoms with Gasteiger partial charge in [0, 0.05) is 21.4 Å². The van der Waals surface area contributed by atoms with Crippen LogP contribution in [0.1, 0.15) is 32.7 Å². The van der Waals surface area contributed by atoms with Crippen molar-refractivity contribution < 1.29 is 33.1 Å². The molecule has 0 N–H and O–H groups in total. The van der Waals surface area contributed by atoms with Crippen molar-refractivity contribution in [3.05, 3.63) is 118 Å². The maximum Gasteiger partial charge on any atom is 0.203 e. The predicted octanol–water partition coefficient (Wildman–Crippen LogP) is 6.49.